The van der Waals surface area contributed by atoms with Gasteiger partial charge in [-0.25, -0.2) is 17.8 Å². The van der Waals surface area contributed by atoms with Crippen molar-refractivity contribution in [3.63, 3.8) is 0 Å². The molecule has 0 fully saturated rings. The van der Waals surface area contributed by atoms with Crippen LogP contribution in [0.2, 0.25) is 0 Å². The van der Waals surface area contributed by atoms with Gasteiger partial charge in [0, 0.05) is 6.20 Å². The molecule has 1 atom stereocenters. The van der Waals surface area contributed by atoms with E-state index in [0.29, 0.717) is 0 Å². The van der Waals surface area contributed by atoms with Crippen LogP contribution in [0, 0.1) is 5.82 Å². The lowest BCUT2D eigenvalue weighted by molar-refractivity contribution is -0.145. The zero-order valence-corrected chi connectivity index (χ0v) is 10.1. The molecular weight excluding hydrogens is 283 g/mol. The predicted octanol–water partition coefficient (Wildman–Crippen LogP) is -0.573. The molecule has 1 heterocycles. The number of pyridine rings is 1. The van der Waals surface area contributed by atoms with Crippen LogP contribution in [0.25, 0.3) is 0 Å². The van der Waals surface area contributed by atoms with Crippen molar-refractivity contribution in [1.82, 2.24) is 9.71 Å². The Hall–Kier alpha value is -2.07. The molecule has 0 aromatic carbocycles. The van der Waals surface area contributed by atoms with Crippen LogP contribution in [-0.2, 0) is 19.6 Å². The number of rotatable bonds is 6. The Morgan fingerprint density at radius 3 is 2.53 bits per heavy atom. The van der Waals surface area contributed by atoms with Crippen molar-refractivity contribution in [3.05, 3.63) is 24.1 Å². The quantitative estimate of drug-likeness (QED) is 0.639. The summed E-state index contributed by atoms with van der Waals surface area (Å²) in [5.74, 6) is -4.38. The highest BCUT2D eigenvalue weighted by molar-refractivity contribution is 7.89. The van der Waals surface area contributed by atoms with E-state index in [0.717, 1.165) is 18.3 Å². The summed E-state index contributed by atoms with van der Waals surface area (Å²) in [6.07, 6.45) is 0.0215. The standard InChI is InChI=1S/C9H9FN2O6S/c10-5-2-1-3-11-8(5)19(17,18)12-6(9(15)16)4-7(13)14/h1-3,6,12H,4H2,(H,13,14)(H,15,16)/t6-/m0/s1. The number of aromatic nitrogens is 1. The number of sulfonamides is 1. The van der Waals surface area contributed by atoms with Crippen LogP contribution in [0.3, 0.4) is 0 Å². The maximum Gasteiger partial charge on any atom is 0.322 e. The van der Waals surface area contributed by atoms with E-state index in [9.17, 15) is 22.4 Å². The smallest absolute Gasteiger partial charge is 0.322 e. The normalized spacial score (nSPS) is 12.9. The van der Waals surface area contributed by atoms with Crippen LogP contribution in [0.5, 0.6) is 0 Å². The fourth-order valence-corrected chi connectivity index (χ4v) is 2.36. The first-order valence-electron chi connectivity index (χ1n) is 4.81. The van der Waals surface area contributed by atoms with Crippen molar-refractivity contribution < 1.29 is 32.6 Å². The molecule has 0 aliphatic rings. The fourth-order valence-electron chi connectivity index (χ4n) is 1.17. The van der Waals surface area contributed by atoms with Crippen molar-refractivity contribution in [1.29, 1.82) is 0 Å². The van der Waals surface area contributed by atoms with Gasteiger partial charge in [-0.3, -0.25) is 9.59 Å². The Labute approximate surface area is 106 Å². The van der Waals surface area contributed by atoms with Gasteiger partial charge in [-0.15, -0.1) is 0 Å². The molecule has 0 unspecified atom stereocenters. The van der Waals surface area contributed by atoms with E-state index in [1.807, 2.05) is 0 Å². The summed E-state index contributed by atoms with van der Waals surface area (Å²) in [6, 6.07) is 0.0679. The SMILES string of the molecule is O=C(O)C[C@H](NS(=O)(=O)c1ncccc1F)C(=O)O. The molecule has 19 heavy (non-hydrogen) atoms. The lowest BCUT2D eigenvalue weighted by Crippen LogP contribution is -2.42. The second-order valence-corrected chi connectivity index (χ2v) is 5.03. The monoisotopic (exact) mass is 292 g/mol. The molecule has 0 saturated heterocycles. The maximum atomic E-state index is 13.3. The molecule has 3 N–H and O–H groups in total. The van der Waals surface area contributed by atoms with Gasteiger partial charge in [0.1, 0.15) is 6.04 Å². The molecule has 1 rings (SSSR count). The average Bonchev–Trinajstić information content (AvgIpc) is 2.27. The van der Waals surface area contributed by atoms with Crippen LogP contribution in [0.15, 0.2) is 23.4 Å². The predicted molar refractivity (Wildman–Crippen MR) is 58.2 cm³/mol. The molecule has 1 aromatic rings. The van der Waals surface area contributed by atoms with Gasteiger partial charge in [0.15, 0.2) is 5.82 Å². The molecule has 0 radical (unpaired) electrons. The van der Waals surface area contributed by atoms with E-state index in [1.165, 1.54) is 0 Å². The number of hydrogen-bond donors (Lipinski definition) is 3. The number of nitrogens with zero attached hydrogens (tertiary/aromatic N) is 1. The average molecular weight is 292 g/mol. The van der Waals surface area contributed by atoms with Gasteiger partial charge in [-0.05, 0) is 12.1 Å². The van der Waals surface area contributed by atoms with Gasteiger partial charge < -0.3 is 10.2 Å². The van der Waals surface area contributed by atoms with Gasteiger partial charge in [0.05, 0.1) is 6.42 Å². The van der Waals surface area contributed by atoms with Crippen molar-refractivity contribution in [2.24, 2.45) is 0 Å². The zero-order chi connectivity index (χ0) is 14.6. The van der Waals surface area contributed by atoms with Crippen LogP contribution in [-0.4, -0.2) is 41.6 Å². The summed E-state index contributed by atoms with van der Waals surface area (Å²) in [5.41, 5.74) is 0. The summed E-state index contributed by atoms with van der Waals surface area (Å²) in [7, 11) is -4.56. The number of halogens is 1. The molecule has 0 amide bonds. The minimum atomic E-state index is -4.56. The lowest BCUT2D eigenvalue weighted by Gasteiger charge is -2.12. The number of carboxylic acids is 2. The Morgan fingerprint density at radius 2 is 2.05 bits per heavy atom. The fraction of sp³-hybridized carbons (Fsp3) is 0.222. The summed E-state index contributed by atoms with van der Waals surface area (Å²) >= 11 is 0. The second-order valence-electron chi connectivity index (χ2n) is 3.40. The third-order valence-corrected chi connectivity index (χ3v) is 3.36. The van der Waals surface area contributed by atoms with Crippen LogP contribution in [0.4, 0.5) is 4.39 Å². The molecule has 0 spiro atoms. The van der Waals surface area contributed by atoms with E-state index >= 15 is 0 Å². The van der Waals surface area contributed by atoms with Crippen LogP contribution >= 0.6 is 0 Å². The third kappa shape index (κ3) is 3.96. The minimum Gasteiger partial charge on any atom is -0.481 e. The lowest BCUT2D eigenvalue weighted by atomic mass is 10.2. The third-order valence-electron chi connectivity index (χ3n) is 1.95. The second kappa shape index (κ2) is 5.71. The molecule has 0 aliphatic carbocycles. The first kappa shape index (κ1) is 15.0. The van der Waals surface area contributed by atoms with Crippen LogP contribution < -0.4 is 4.72 Å². The Balaban J connectivity index is 3.04. The first-order valence-corrected chi connectivity index (χ1v) is 6.30. The Bertz CT molecular complexity index is 602. The summed E-state index contributed by atoms with van der Waals surface area (Å²) in [6.45, 7) is 0. The van der Waals surface area contributed by atoms with E-state index in [2.05, 4.69) is 4.98 Å². The van der Waals surface area contributed by atoms with Crippen molar-refractivity contribution in [2.75, 3.05) is 0 Å². The molecule has 104 valence electrons. The number of hydrogen-bond acceptors (Lipinski definition) is 5. The number of carboxylic acid groups (broad SMARTS) is 2. The first-order chi connectivity index (χ1) is 8.74. The van der Waals surface area contributed by atoms with E-state index < -0.39 is 45.3 Å². The number of aliphatic carboxylic acids is 2. The van der Waals surface area contributed by atoms with Crippen molar-refractivity contribution >= 4 is 22.0 Å². The van der Waals surface area contributed by atoms with Crippen molar-refractivity contribution in [2.45, 2.75) is 17.5 Å². The summed E-state index contributed by atoms with van der Waals surface area (Å²) < 4.78 is 38.2. The molecule has 8 nitrogen and oxygen atoms in total. The zero-order valence-electron chi connectivity index (χ0n) is 9.28. The maximum absolute atomic E-state index is 13.3. The van der Waals surface area contributed by atoms with Gasteiger partial charge >= 0.3 is 11.9 Å². The highest BCUT2D eigenvalue weighted by atomic mass is 32.2. The number of carbonyl (C=O) groups is 2. The largest absolute Gasteiger partial charge is 0.481 e. The summed E-state index contributed by atoms with van der Waals surface area (Å²) in [4.78, 5) is 24.4. The molecule has 0 bridgehead atoms. The topological polar surface area (TPSA) is 134 Å². The number of nitrogens with one attached hydrogen (secondary N) is 1. The van der Waals surface area contributed by atoms with Crippen LogP contribution in [0.1, 0.15) is 6.42 Å². The van der Waals surface area contributed by atoms with Crippen molar-refractivity contribution in [3.8, 4) is 0 Å². The Kier molecular flexibility index (Phi) is 4.51. The van der Waals surface area contributed by atoms with Gasteiger partial charge in [-0.1, -0.05) is 0 Å². The van der Waals surface area contributed by atoms with Gasteiger partial charge in [0.2, 0.25) is 5.03 Å². The molecular formula is C9H9FN2O6S. The highest BCUT2D eigenvalue weighted by Crippen LogP contribution is 2.11. The van der Waals surface area contributed by atoms with E-state index in [-0.39, 0.29) is 0 Å². The summed E-state index contributed by atoms with van der Waals surface area (Å²) in [5, 5.41) is 16.2. The van der Waals surface area contributed by atoms with Gasteiger partial charge in [-0.2, -0.15) is 4.72 Å². The van der Waals surface area contributed by atoms with E-state index in [4.69, 9.17) is 10.2 Å². The molecule has 10 heteroatoms. The van der Waals surface area contributed by atoms with E-state index in [1.54, 1.807) is 4.72 Å². The highest BCUT2D eigenvalue weighted by Gasteiger charge is 2.29. The van der Waals surface area contributed by atoms with Gasteiger partial charge in [0.25, 0.3) is 10.0 Å². The molecule has 0 saturated carbocycles. The Morgan fingerprint density at radius 1 is 1.42 bits per heavy atom. The molecule has 1 aromatic heterocycles. The minimum absolute atomic E-state index is 0.828. The molecule has 0 aliphatic heterocycles.